The van der Waals surface area contributed by atoms with Crippen molar-refractivity contribution in [3.8, 4) is 5.75 Å². The molecule has 0 radical (unpaired) electrons. The minimum Gasteiger partial charge on any atom is -0.496 e. The lowest BCUT2D eigenvalue weighted by Gasteiger charge is -2.43. The fourth-order valence-corrected chi connectivity index (χ4v) is 4.25. The summed E-state index contributed by atoms with van der Waals surface area (Å²) in [5.74, 6) is 0.0481. The van der Waals surface area contributed by atoms with Crippen LogP contribution in [0, 0.1) is 5.92 Å². The number of para-hydroxylation sites is 1. The molecule has 7 heteroatoms. The lowest BCUT2D eigenvalue weighted by atomic mass is 9.92. The van der Waals surface area contributed by atoms with Gasteiger partial charge in [0.05, 0.1) is 25.3 Å². The van der Waals surface area contributed by atoms with Crippen molar-refractivity contribution in [1.29, 1.82) is 0 Å². The van der Waals surface area contributed by atoms with Gasteiger partial charge in [-0.25, -0.2) is 9.59 Å². The summed E-state index contributed by atoms with van der Waals surface area (Å²) < 4.78 is 5.48. The van der Waals surface area contributed by atoms with Gasteiger partial charge < -0.3 is 14.7 Å². The normalized spacial score (nSPS) is 19.1. The summed E-state index contributed by atoms with van der Waals surface area (Å²) in [5, 5.41) is 10.7. The van der Waals surface area contributed by atoms with Crippen LogP contribution in [0.5, 0.6) is 5.75 Å². The van der Waals surface area contributed by atoms with E-state index in [1.54, 1.807) is 48.1 Å². The smallest absolute Gasteiger partial charge is 0.335 e. The van der Waals surface area contributed by atoms with Crippen LogP contribution in [0.4, 0.5) is 4.79 Å². The fourth-order valence-electron chi connectivity index (χ4n) is 4.12. The molecule has 2 aliphatic rings. The summed E-state index contributed by atoms with van der Waals surface area (Å²) in [4.78, 5) is 29.3. The molecule has 2 amide bonds. The number of benzene rings is 2. The Labute approximate surface area is 186 Å². The van der Waals surface area contributed by atoms with E-state index in [0.29, 0.717) is 34.5 Å². The molecular weight excluding hydrogens is 416 g/mol. The number of methoxy groups -OCH3 is 1. The van der Waals surface area contributed by atoms with Gasteiger partial charge in [0.2, 0.25) is 0 Å². The third-order valence-electron chi connectivity index (χ3n) is 5.94. The first kappa shape index (κ1) is 21.2. The number of carboxylic acids is 1. The van der Waals surface area contributed by atoms with Crippen LogP contribution in [0.15, 0.2) is 59.8 Å². The van der Waals surface area contributed by atoms with E-state index in [2.05, 4.69) is 0 Å². The van der Waals surface area contributed by atoms with Gasteiger partial charge in [-0.3, -0.25) is 4.90 Å². The Morgan fingerprint density at radius 3 is 2.45 bits per heavy atom. The van der Waals surface area contributed by atoms with E-state index in [1.165, 1.54) is 0 Å². The number of amides is 2. The second-order valence-corrected chi connectivity index (χ2v) is 8.47. The molecule has 1 fully saturated rings. The molecule has 6 nitrogen and oxygen atoms in total. The first-order chi connectivity index (χ1) is 14.9. The molecule has 1 saturated carbocycles. The topological polar surface area (TPSA) is 70.1 Å². The van der Waals surface area contributed by atoms with Gasteiger partial charge in [-0.2, -0.15) is 0 Å². The second-order valence-electron chi connectivity index (χ2n) is 8.03. The van der Waals surface area contributed by atoms with Crippen molar-refractivity contribution in [3.05, 3.63) is 76.0 Å². The van der Waals surface area contributed by atoms with Gasteiger partial charge in [-0.05, 0) is 49.4 Å². The molecule has 2 aromatic rings. The first-order valence-corrected chi connectivity index (χ1v) is 10.7. The monoisotopic (exact) mass is 440 g/mol. The van der Waals surface area contributed by atoms with E-state index in [1.807, 2.05) is 24.3 Å². The van der Waals surface area contributed by atoms with Crippen LogP contribution in [0.25, 0.3) is 0 Å². The zero-order chi connectivity index (χ0) is 22.1. The molecule has 1 N–H and O–H groups in total. The van der Waals surface area contributed by atoms with Crippen LogP contribution in [-0.4, -0.2) is 40.6 Å². The molecule has 0 aromatic heterocycles. The molecule has 31 heavy (non-hydrogen) atoms. The largest absolute Gasteiger partial charge is 0.496 e. The zero-order valence-corrected chi connectivity index (χ0v) is 18.3. The van der Waals surface area contributed by atoms with Gasteiger partial charge in [-0.1, -0.05) is 41.9 Å². The molecule has 2 aromatic carbocycles. The Balaban J connectivity index is 1.84. The van der Waals surface area contributed by atoms with Crippen molar-refractivity contribution in [1.82, 2.24) is 9.80 Å². The summed E-state index contributed by atoms with van der Waals surface area (Å²) >= 11 is 6.07. The van der Waals surface area contributed by atoms with Crippen molar-refractivity contribution in [2.45, 2.75) is 32.4 Å². The predicted molar refractivity (Wildman–Crippen MR) is 118 cm³/mol. The quantitative estimate of drug-likeness (QED) is 0.650. The number of carbonyl (C=O) groups is 2. The van der Waals surface area contributed by atoms with E-state index >= 15 is 0 Å². The summed E-state index contributed by atoms with van der Waals surface area (Å²) in [6.45, 7) is 2.49. The third kappa shape index (κ3) is 4.26. The standard InChI is InChI=1S/C24H25ClN2O4/c1-15-21(23(28)29)22(17-9-11-19(25)12-10-17)27(24(30)26(15)13-16-7-8-16)14-18-5-3-4-6-20(18)31-2/h3-6,9-12,16,22H,7-8,13-14H2,1-2H3,(H,28,29). The van der Waals surface area contributed by atoms with Crippen molar-refractivity contribution in [3.63, 3.8) is 0 Å². The van der Waals surface area contributed by atoms with E-state index in [0.717, 1.165) is 18.4 Å². The molecule has 1 unspecified atom stereocenters. The number of allylic oxidation sites excluding steroid dienone is 1. The van der Waals surface area contributed by atoms with Crippen LogP contribution >= 0.6 is 11.6 Å². The van der Waals surface area contributed by atoms with Crippen molar-refractivity contribution in [2.24, 2.45) is 5.92 Å². The molecule has 0 spiro atoms. The maximum absolute atomic E-state index is 13.7. The molecule has 1 aliphatic heterocycles. The number of urea groups is 1. The van der Waals surface area contributed by atoms with Crippen molar-refractivity contribution < 1.29 is 19.4 Å². The highest BCUT2D eigenvalue weighted by Gasteiger charge is 2.43. The average molecular weight is 441 g/mol. The number of hydrogen-bond donors (Lipinski definition) is 1. The van der Waals surface area contributed by atoms with E-state index in [9.17, 15) is 14.7 Å². The van der Waals surface area contributed by atoms with Crippen LogP contribution < -0.4 is 4.74 Å². The Hall–Kier alpha value is -2.99. The zero-order valence-electron chi connectivity index (χ0n) is 17.5. The van der Waals surface area contributed by atoms with Gasteiger partial charge in [0.15, 0.2) is 0 Å². The number of carboxylic acid groups (broad SMARTS) is 1. The SMILES string of the molecule is COc1ccccc1CN1C(=O)N(CC2CC2)C(C)=C(C(=O)O)C1c1ccc(Cl)cc1. The summed E-state index contributed by atoms with van der Waals surface area (Å²) in [6.07, 6.45) is 2.12. The van der Waals surface area contributed by atoms with Gasteiger partial charge in [0.25, 0.3) is 0 Å². The molecule has 1 heterocycles. The Morgan fingerprint density at radius 1 is 1.16 bits per heavy atom. The van der Waals surface area contributed by atoms with Crippen LogP contribution in [-0.2, 0) is 11.3 Å². The van der Waals surface area contributed by atoms with E-state index in [4.69, 9.17) is 16.3 Å². The van der Waals surface area contributed by atoms with Gasteiger partial charge in [0.1, 0.15) is 5.75 Å². The van der Waals surface area contributed by atoms with Crippen molar-refractivity contribution in [2.75, 3.05) is 13.7 Å². The number of halogens is 1. The Kier molecular flexibility index (Phi) is 5.92. The highest BCUT2D eigenvalue weighted by Crippen LogP contribution is 2.41. The average Bonchev–Trinajstić information content (AvgIpc) is 3.58. The van der Waals surface area contributed by atoms with Gasteiger partial charge >= 0.3 is 12.0 Å². The summed E-state index contributed by atoms with van der Waals surface area (Å²) in [6, 6.07) is 13.5. The minimum atomic E-state index is -1.03. The van der Waals surface area contributed by atoms with Gasteiger partial charge in [0, 0.05) is 22.8 Å². The van der Waals surface area contributed by atoms with Crippen molar-refractivity contribution >= 4 is 23.6 Å². The number of rotatable bonds is 7. The Morgan fingerprint density at radius 2 is 1.84 bits per heavy atom. The molecule has 0 bridgehead atoms. The fraction of sp³-hybridized carbons (Fsp3) is 0.333. The molecule has 0 saturated heterocycles. The minimum absolute atomic E-state index is 0.194. The number of nitrogens with zero attached hydrogens (tertiary/aromatic N) is 2. The lowest BCUT2D eigenvalue weighted by Crippen LogP contribution is -2.50. The predicted octanol–water partition coefficient (Wildman–Crippen LogP) is 5.10. The summed E-state index contributed by atoms with van der Waals surface area (Å²) in [7, 11) is 1.58. The molecule has 1 aliphatic carbocycles. The number of ether oxygens (including phenoxy) is 1. The molecular formula is C24H25ClN2O4. The second kappa shape index (κ2) is 8.63. The van der Waals surface area contributed by atoms with Crippen LogP contribution in [0.3, 0.4) is 0 Å². The lowest BCUT2D eigenvalue weighted by molar-refractivity contribution is -0.133. The highest BCUT2D eigenvalue weighted by atomic mass is 35.5. The summed E-state index contributed by atoms with van der Waals surface area (Å²) in [5.41, 5.74) is 2.22. The first-order valence-electron chi connectivity index (χ1n) is 10.3. The Bertz CT molecular complexity index is 1030. The highest BCUT2D eigenvalue weighted by molar-refractivity contribution is 6.30. The van der Waals surface area contributed by atoms with Crippen LogP contribution in [0.1, 0.15) is 36.9 Å². The van der Waals surface area contributed by atoms with E-state index < -0.39 is 12.0 Å². The number of carbonyl (C=O) groups excluding carboxylic acids is 1. The number of hydrogen-bond acceptors (Lipinski definition) is 3. The maximum atomic E-state index is 13.7. The molecule has 162 valence electrons. The third-order valence-corrected chi connectivity index (χ3v) is 6.20. The molecule has 4 rings (SSSR count). The number of aliphatic carboxylic acids is 1. The van der Waals surface area contributed by atoms with Crippen LogP contribution in [0.2, 0.25) is 5.02 Å². The molecule has 1 atom stereocenters. The van der Waals surface area contributed by atoms with Gasteiger partial charge in [-0.15, -0.1) is 0 Å². The maximum Gasteiger partial charge on any atom is 0.335 e. The van der Waals surface area contributed by atoms with E-state index in [-0.39, 0.29) is 18.1 Å².